The van der Waals surface area contributed by atoms with E-state index in [9.17, 15) is 19.5 Å². The van der Waals surface area contributed by atoms with Gasteiger partial charge in [-0.2, -0.15) is 0 Å². The van der Waals surface area contributed by atoms with E-state index in [4.69, 9.17) is 0 Å². The molecular formula is C15H19NO6. The van der Waals surface area contributed by atoms with E-state index < -0.39 is 35.9 Å². The summed E-state index contributed by atoms with van der Waals surface area (Å²) in [5, 5.41) is 12.2. The van der Waals surface area contributed by atoms with Gasteiger partial charge in [0, 0.05) is 5.56 Å². The minimum atomic E-state index is -1.36. The molecule has 7 heteroatoms. The van der Waals surface area contributed by atoms with Crippen molar-refractivity contribution in [1.29, 1.82) is 0 Å². The number of methoxy groups -OCH3 is 2. The molecule has 0 heterocycles. The van der Waals surface area contributed by atoms with E-state index in [2.05, 4.69) is 14.8 Å². The fourth-order valence-electron chi connectivity index (χ4n) is 1.98. The average Bonchev–Trinajstić information content (AvgIpc) is 2.53. The lowest BCUT2D eigenvalue weighted by Gasteiger charge is -2.26. The molecule has 0 spiro atoms. The Kier molecular flexibility index (Phi) is 6.52. The van der Waals surface area contributed by atoms with Gasteiger partial charge in [-0.3, -0.25) is 9.59 Å². The zero-order valence-corrected chi connectivity index (χ0v) is 12.6. The lowest BCUT2D eigenvalue weighted by Crippen LogP contribution is -2.52. The highest BCUT2D eigenvalue weighted by molar-refractivity contribution is 5.98. The molecule has 0 unspecified atom stereocenters. The minimum Gasteiger partial charge on any atom is -0.469 e. The van der Waals surface area contributed by atoms with Gasteiger partial charge in [-0.1, -0.05) is 18.2 Å². The van der Waals surface area contributed by atoms with Crippen LogP contribution in [0.3, 0.4) is 0 Å². The Hall–Kier alpha value is -2.41. The van der Waals surface area contributed by atoms with Crippen molar-refractivity contribution in [2.24, 2.45) is 5.92 Å². The van der Waals surface area contributed by atoms with E-state index in [1.54, 1.807) is 30.3 Å². The Morgan fingerprint density at radius 2 is 1.59 bits per heavy atom. The fraction of sp³-hybridized carbons (Fsp3) is 0.400. The van der Waals surface area contributed by atoms with Gasteiger partial charge in [-0.05, 0) is 19.1 Å². The van der Waals surface area contributed by atoms with Gasteiger partial charge >= 0.3 is 11.9 Å². The van der Waals surface area contributed by atoms with Gasteiger partial charge in [-0.15, -0.1) is 0 Å². The maximum atomic E-state index is 12.2. The zero-order valence-electron chi connectivity index (χ0n) is 12.6. The van der Waals surface area contributed by atoms with Crippen LogP contribution in [-0.4, -0.2) is 49.3 Å². The largest absolute Gasteiger partial charge is 0.469 e. The molecule has 0 saturated heterocycles. The summed E-state index contributed by atoms with van der Waals surface area (Å²) in [4.78, 5) is 35.8. The predicted molar refractivity (Wildman–Crippen MR) is 76.9 cm³/mol. The third kappa shape index (κ3) is 4.29. The molecule has 2 N–H and O–H groups in total. The second-order valence-electron chi connectivity index (χ2n) is 4.63. The van der Waals surface area contributed by atoms with E-state index in [0.29, 0.717) is 5.56 Å². The summed E-state index contributed by atoms with van der Waals surface area (Å²) in [7, 11) is 2.26. The van der Waals surface area contributed by atoms with Gasteiger partial charge in [0.05, 0.1) is 20.3 Å². The lowest BCUT2D eigenvalue weighted by molar-refractivity contribution is -0.158. The van der Waals surface area contributed by atoms with Crippen LogP contribution in [0.2, 0.25) is 0 Å². The molecule has 1 amide bonds. The van der Waals surface area contributed by atoms with Crippen molar-refractivity contribution in [2.45, 2.75) is 19.1 Å². The van der Waals surface area contributed by atoms with Gasteiger partial charge in [0.15, 0.2) is 0 Å². The summed E-state index contributed by atoms with van der Waals surface area (Å²) in [5.41, 5.74) is 0.311. The van der Waals surface area contributed by atoms with Crippen molar-refractivity contribution >= 4 is 17.8 Å². The highest BCUT2D eigenvalue weighted by Gasteiger charge is 2.40. The number of ether oxygens (including phenoxy) is 2. The maximum absolute atomic E-state index is 12.2. The van der Waals surface area contributed by atoms with Crippen LogP contribution < -0.4 is 5.32 Å². The minimum absolute atomic E-state index is 0.311. The lowest BCUT2D eigenvalue weighted by atomic mass is 9.94. The maximum Gasteiger partial charge on any atom is 0.329 e. The molecule has 120 valence electrons. The molecule has 0 aliphatic rings. The molecule has 0 aromatic heterocycles. The third-order valence-corrected chi connectivity index (χ3v) is 3.13. The van der Waals surface area contributed by atoms with E-state index in [-0.39, 0.29) is 0 Å². The van der Waals surface area contributed by atoms with Gasteiger partial charge in [-0.25, -0.2) is 4.79 Å². The number of esters is 2. The predicted octanol–water partition coefficient (Wildman–Crippen LogP) is 0.128. The first-order valence-electron chi connectivity index (χ1n) is 6.62. The number of aliphatic hydroxyl groups is 1. The number of amides is 1. The molecule has 7 nitrogen and oxygen atoms in total. The molecule has 0 fully saturated rings. The number of rotatable bonds is 6. The topological polar surface area (TPSA) is 102 Å². The number of hydrogen-bond acceptors (Lipinski definition) is 6. The normalized spacial score (nSPS) is 14.4. The molecule has 0 radical (unpaired) electrons. The Balaban J connectivity index is 3.04. The molecule has 0 bridgehead atoms. The van der Waals surface area contributed by atoms with Crippen LogP contribution in [-0.2, 0) is 19.1 Å². The standard InChI is InChI=1S/C15H19NO6/c1-9(17)11(14(19)21-2)12(15(20)22-3)16-13(18)10-7-5-4-6-8-10/h4-9,11-12,17H,1-3H3,(H,16,18)/t9-,11+,12+/m1/s1. The van der Waals surface area contributed by atoms with E-state index in [1.807, 2.05) is 0 Å². The Morgan fingerprint density at radius 1 is 1.05 bits per heavy atom. The van der Waals surface area contributed by atoms with Crippen LogP contribution in [0.1, 0.15) is 17.3 Å². The average molecular weight is 309 g/mol. The van der Waals surface area contributed by atoms with Crippen molar-refractivity contribution in [1.82, 2.24) is 5.32 Å². The molecular weight excluding hydrogens is 290 g/mol. The third-order valence-electron chi connectivity index (χ3n) is 3.13. The zero-order chi connectivity index (χ0) is 16.7. The summed E-state index contributed by atoms with van der Waals surface area (Å²) in [6, 6.07) is 6.81. The fourth-order valence-corrected chi connectivity index (χ4v) is 1.98. The SMILES string of the molecule is COC(=O)[C@H]([C@H](NC(=O)c1ccccc1)C(=O)OC)[C@@H](C)O. The molecule has 22 heavy (non-hydrogen) atoms. The molecule has 1 aromatic rings. The molecule has 1 rings (SSSR count). The monoisotopic (exact) mass is 309 g/mol. The number of nitrogens with one attached hydrogen (secondary N) is 1. The number of benzene rings is 1. The summed E-state index contributed by atoms with van der Waals surface area (Å²) >= 11 is 0. The smallest absolute Gasteiger partial charge is 0.329 e. The molecule has 3 atom stereocenters. The molecule has 0 aliphatic carbocycles. The van der Waals surface area contributed by atoms with Crippen LogP contribution in [0.15, 0.2) is 30.3 Å². The first-order valence-corrected chi connectivity index (χ1v) is 6.62. The van der Waals surface area contributed by atoms with Crippen LogP contribution in [0.5, 0.6) is 0 Å². The van der Waals surface area contributed by atoms with Gasteiger partial charge in [0.25, 0.3) is 5.91 Å². The van der Waals surface area contributed by atoms with Crippen molar-refractivity contribution in [2.75, 3.05) is 14.2 Å². The van der Waals surface area contributed by atoms with Crippen molar-refractivity contribution in [3.05, 3.63) is 35.9 Å². The van der Waals surface area contributed by atoms with Gasteiger partial charge < -0.3 is 19.9 Å². The Labute approximate surface area is 128 Å². The highest BCUT2D eigenvalue weighted by atomic mass is 16.5. The summed E-state index contributed by atoms with van der Waals surface area (Å²) in [5.74, 6) is -3.50. The van der Waals surface area contributed by atoms with E-state index in [0.717, 1.165) is 14.2 Å². The Morgan fingerprint density at radius 3 is 2.05 bits per heavy atom. The van der Waals surface area contributed by atoms with Crippen molar-refractivity contribution in [3.8, 4) is 0 Å². The van der Waals surface area contributed by atoms with Crippen LogP contribution >= 0.6 is 0 Å². The quantitative estimate of drug-likeness (QED) is 0.724. The first kappa shape index (κ1) is 17.6. The summed E-state index contributed by atoms with van der Waals surface area (Å²) in [6.07, 6.45) is -1.22. The molecule has 1 aromatic carbocycles. The van der Waals surface area contributed by atoms with Gasteiger partial charge in [0.1, 0.15) is 12.0 Å². The first-order chi connectivity index (χ1) is 10.4. The Bertz CT molecular complexity index is 528. The number of carbonyl (C=O) groups is 3. The van der Waals surface area contributed by atoms with Crippen molar-refractivity contribution < 1.29 is 29.0 Å². The highest BCUT2D eigenvalue weighted by Crippen LogP contribution is 2.14. The molecule has 0 aliphatic heterocycles. The van der Waals surface area contributed by atoms with Crippen LogP contribution in [0.25, 0.3) is 0 Å². The van der Waals surface area contributed by atoms with E-state index >= 15 is 0 Å². The van der Waals surface area contributed by atoms with Crippen LogP contribution in [0.4, 0.5) is 0 Å². The van der Waals surface area contributed by atoms with Gasteiger partial charge in [0.2, 0.25) is 0 Å². The molecule has 0 saturated carbocycles. The van der Waals surface area contributed by atoms with E-state index in [1.165, 1.54) is 6.92 Å². The second kappa shape index (κ2) is 8.14. The number of aliphatic hydroxyl groups excluding tert-OH is 1. The van der Waals surface area contributed by atoms with Crippen LogP contribution in [0, 0.1) is 5.92 Å². The van der Waals surface area contributed by atoms with Crippen molar-refractivity contribution in [3.63, 3.8) is 0 Å². The number of hydrogen-bond donors (Lipinski definition) is 2. The summed E-state index contributed by atoms with van der Waals surface area (Å²) in [6.45, 7) is 1.33. The second-order valence-corrected chi connectivity index (χ2v) is 4.63. The number of carbonyl (C=O) groups excluding carboxylic acids is 3. The summed E-state index contributed by atoms with van der Waals surface area (Å²) < 4.78 is 9.18.